The molecular formula is C12H13N3O2. The van der Waals surface area contributed by atoms with Crippen LogP contribution in [0.25, 0.3) is 11.3 Å². The molecule has 0 fully saturated rings. The predicted octanol–water partition coefficient (Wildman–Crippen LogP) is 2.22. The summed E-state index contributed by atoms with van der Waals surface area (Å²) in [5.74, 6) is -0.976. The molecule has 17 heavy (non-hydrogen) atoms. The van der Waals surface area contributed by atoms with Gasteiger partial charge in [0, 0.05) is 30.2 Å². The van der Waals surface area contributed by atoms with Gasteiger partial charge in [-0.15, -0.1) is 0 Å². The number of aromatic nitrogens is 3. The van der Waals surface area contributed by atoms with Crippen LogP contribution in [-0.4, -0.2) is 25.8 Å². The SMILES string of the molecule is CC(C)n1cc(C(=O)O)c(-c2cccnc2)n1. The molecule has 0 amide bonds. The summed E-state index contributed by atoms with van der Waals surface area (Å²) in [5, 5.41) is 13.4. The molecule has 2 aromatic rings. The maximum Gasteiger partial charge on any atom is 0.339 e. The van der Waals surface area contributed by atoms with Crippen molar-refractivity contribution in [1.29, 1.82) is 0 Å². The van der Waals surface area contributed by atoms with Crippen LogP contribution in [0.5, 0.6) is 0 Å². The van der Waals surface area contributed by atoms with Gasteiger partial charge < -0.3 is 5.11 Å². The summed E-state index contributed by atoms with van der Waals surface area (Å²) in [5.41, 5.74) is 1.37. The van der Waals surface area contributed by atoms with Gasteiger partial charge >= 0.3 is 5.97 Å². The molecule has 0 bridgehead atoms. The third kappa shape index (κ3) is 2.18. The summed E-state index contributed by atoms with van der Waals surface area (Å²) in [4.78, 5) is 15.1. The number of hydrogen-bond acceptors (Lipinski definition) is 3. The van der Waals surface area contributed by atoms with E-state index in [1.165, 1.54) is 0 Å². The second kappa shape index (κ2) is 4.37. The number of carboxylic acid groups (broad SMARTS) is 1. The molecule has 2 rings (SSSR count). The van der Waals surface area contributed by atoms with Gasteiger partial charge in [0.1, 0.15) is 11.3 Å². The van der Waals surface area contributed by atoms with Crippen LogP contribution in [0.3, 0.4) is 0 Å². The lowest BCUT2D eigenvalue weighted by atomic mass is 10.1. The van der Waals surface area contributed by atoms with Crippen molar-refractivity contribution in [3.05, 3.63) is 36.3 Å². The third-order valence-electron chi connectivity index (χ3n) is 2.43. The molecule has 0 aliphatic rings. The Labute approximate surface area is 98.7 Å². The molecule has 0 atom stereocenters. The third-order valence-corrected chi connectivity index (χ3v) is 2.43. The van der Waals surface area contributed by atoms with Crippen molar-refractivity contribution in [2.75, 3.05) is 0 Å². The summed E-state index contributed by atoms with van der Waals surface area (Å²) < 4.78 is 1.64. The first-order chi connectivity index (χ1) is 8.09. The molecular weight excluding hydrogens is 218 g/mol. The van der Waals surface area contributed by atoms with Gasteiger partial charge in [-0.25, -0.2) is 4.79 Å². The molecule has 5 heteroatoms. The summed E-state index contributed by atoms with van der Waals surface area (Å²) in [6.07, 6.45) is 4.80. The lowest BCUT2D eigenvalue weighted by molar-refractivity contribution is 0.0697. The van der Waals surface area contributed by atoms with Crippen LogP contribution in [0.15, 0.2) is 30.7 Å². The molecule has 88 valence electrons. The zero-order chi connectivity index (χ0) is 12.4. The van der Waals surface area contributed by atoms with Crippen LogP contribution in [0.4, 0.5) is 0 Å². The van der Waals surface area contributed by atoms with Crippen LogP contribution in [0.2, 0.25) is 0 Å². The zero-order valence-electron chi connectivity index (χ0n) is 9.66. The Balaban J connectivity index is 2.56. The molecule has 0 aliphatic carbocycles. The number of rotatable bonds is 3. The normalized spacial score (nSPS) is 10.8. The van der Waals surface area contributed by atoms with Gasteiger partial charge in [-0.1, -0.05) is 0 Å². The van der Waals surface area contributed by atoms with Gasteiger partial charge in [0.25, 0.3) is 0 Å². The Bertz CT molecular complexity index is 532. The highest BCUT2D eigenvalue weighted by Crippen LogP contribution is 2.22. The van der Waals surface area contributed by atoms with Crippen molar-refractivity contribution < 1.29 is 9.90 Å². The van der Waals surface area contributed by atoms with Crippen molar-refractivity contribution in [2.24, 2.45) is 0 Å². The van der Waals surface area contributed by atoms with E-state index in [2.05, 4.69) is 10.1 Å². The monoisotopic (exact) mass is 231 g/mol. The summed E-state index contributed by atoms with van der Waals surface area (Å²) in [6, 6.07) is 3.68. The maximum atomic E-state index is 11.2. The van der Waals surface area contributed by atoms with Crippen molar-refractivity contribution in [3.8, 4) is 11.3 Å². The minimum Gasteiger partial charge on any atom is -0.478 e. The Kier molecular flexibility index (Phi) is 2.91. The highest BCUT2D eigenvalue weighted by molar-refractivity contribution is 5.94. The van der Waals surface area contributed by atoms with E-state index in [9.17, 15) is 4.79 Å². The van der Waals surface area contributed by atoms with Gasteiger partial charge in [0.05, 0.1) is 0 Å². The average Bonchev–Trinajstić information content (AvgIpc) is 2.75. The molecule has 1 N–H and O–H groups in total. The van der Waals surface area contributed by atoms with E-state index in [-0.39, 0.29) is 11.6 Å². The maximum absolute atomic E-state index is 11.2. The van der Waals surface area contributed by atoms with E-state index >= 15 is 0 Å². The van der Waals surface area contributed by atoms with E-state index in [0.717, 1.165) is 0 Å². The fourth-order valence-corrected chi connectivity index (χ4v) is 1.53. The van der Waals surface area contributed by atoms with Crippen molar-refractivity contribution in [3.63, 3.8) is 0 Å². The predicted molar refractivity (Wildman–Crippen MR) is 62.8 cm³/mol. The number of pyridine rings is 1. The molecule has 0 spiro atoms. The zero-order valence-corrected chi connectivity index (χ0v) is 9.66. The first kappa shape index (κ1) is 11.3. The molecule has 5 nitrogen and oxygen atoms in total. The number of aromatic carboxylic acids is 1. The Hall–Kier alpha value is -2.17. The van der Waals surface area contributed by atoms with E-state index < -0.39 is 5.97 Å². The first-order valence-electron chi connectivity index (χ1n) is 5.32. The topological polar surface area (TPSA) is 68.0 Å². The largest absolute Gasteiger partial charge is 0.478 e. The average molecular weight is 231 g/mol. The summed E-state index contributed by atoms with van der Waals surface area (Å²) >= 11 is 0. The first-order valence-corrected chi connectivity index (χ1v) is 5.32. The molecule has 0 saturated carbocycles. The highest BCUT2D eigenvalue weighted by Gasteiger charge is 2.17. The quantitative estimate of drug-likeness (QED) is 0.879. The molecule has 2 heterocycles. The Morgan fingerprint density at radius 1 is 1.47 bits per heavy atom. The molecule has 0 radical (unpaired) electrons. The lowest BCUT2D eigenvalue weighted by Crippen LogP contribution is -2.00. The number of hydrogen-bond donors (Lipinski definition) is 1. The van der Waals surface area contributed by atoms with Gasteiger partial charge in [-0.05, 0) is 26.0 Å². The lowest BCUT2D eigenvalue weighted by Gasteiger charge is -2.03. The van der Waals surface area contributed by atoms with Gasteiger partial charge in [-0.2, -0.15) is 5.10 Å². The van der Waals surface area contributed by atoms with Gasteiger partial charge in [0.2, 0.25) is 0 Å². The number of nitrogens with zero attached hydrogens (tertiary/aromatic N) is 3. The second-order valence-corrected chi connectivity index (χ2v) is 4.01. The summed E-state index contributed by atoms with van der Waals surface area (Å²) in [6.45, 7) is 3.90. The van der Waals surface area contributed by atoms with Gasteiger partial charge in [-0.3, -0.25) is 9.67 Å². The number of carboxylic acids is 1. The smallest absolute Gasteiger partial charge is 0.339 e. The molecule has 0 saturated heterocycles. The van der Waals surface area contributed by atoms with Crippen LogP contribution < -0.4 is 0 Å². The summed E-state index contributed by atoms with van der Waals surface area (Å²) in [7, 11) is 0. The van der Waals surface area contributed by atoms with E-state index in [0.29, 0.717) is 11.3 Å². The minimum absolute atomic E-state index is 0.124. The highest BCUT2D eigenvalue weighted by atomic mass is 16.4. The van der Waals surface area contributed by atoms with Crippen LogP contribution in [0.1, 0.15) is 30.2 Å². The fourth-order valence-electron chi connectivity index (χ4n) is 1.53. The number of carbonyl (C=O) groups is 1. The molecule has 0 aliphatic heterocycles. The van der Waals surface area contributed by atoms with Crippen molar-refractivity contribution in [2.45, 2.75) is 19.9 Å². The van der Waals surface area contributed by atoms with E-state index in [1.54, 1.807) is 35.4 Å². The van der Waals surface area contributed by atoms with Gasteiger partial charge in [0.15, 0.2) is 0 Å². The van der Waals surface area contributed by atoms with Crippen LogP contribution in [-0.2, 0) is 0 Å². The molecule has 0 unspecified atom stereocenters. The van der Waals surface area contributed by atoms with E-state index in [1.807, 2.05) is 13.8 Å². The molecule has 2 aromatic heterocycles. The van der Waals surface area contributed by atoms with Crippen LogP contribution >= 0.6 is 0 Å². The van der Waals surface area contributed by atoms with Crippen molar-refractivity contribution >= 4 is 5.97 Å². The minimum atomic E-state index is -0.976. The van der Waals surface area contributed by atoms with Crippen molar-refractivity contribution in [1.82, 2.24) is 14.8 Å². The van der Waals surface area contributed by atoms with E-state index in [4.69, 9.17) is 5.11 Å². The Morgan fingerprint density at radius 3 is 2.76 bits per heavy atom. The standard InChI is InChI=1S/C12H13N3O2/c1-8(2)15-7-10(12(16)17)11(14-15)9-4-3-5-13-6-9/h3-8H,1-2H3,(H,16,17). The van der Waals surface area contributed by atoms with Crippen LogP contribution in [0, 0.1) is 0 Å². The molecule has 0 aromatic carbocycles. The Morgan fingerprint density at radius 2 is 2.24 bits per heavy atom. The second-order valence-electron chi connectivity index (χ2n) is 4.01. The fraction of sp³-hybridized carbons (Fsp3) is 0.250.